The van der Waals surface area contributed by atoms with Crippen molar-refractivity contribution in [1.82, 2.24) is 4.90 Å². The zero-order chi connectivity index (χ0) is 23.2. The van der Waals surface area contributed by atoms with Crippen LogP contribution < -0.4 is 9.80 Å². The number of nitrogens with zero attached hydrogens (tertiary/aromatic N) is 3. The lowest BCUT2D eigenvalue weighted by Crippen LogP contribution is -2.49. The number of fused-ring (bicyclic) bond motifs is 1. The number of halogens is 1. The van der Waals surface area contributed by atoms with Gasteiger partial charge < -0.3 is 24.5 Å². The molecular weight excluding hydrogens is 421 g/mol. The fraction of sp³-hybridized carbons (Fsp3) is 0.500. The molecule has 0 radical (unpaired) electrons. The standard InChI is InChI=1S/C26H34FN3O3/c1-33-18-17-28-12-6-2-3-9-25(31)21-19-20(10-11-23(21)28)26(32)30-15-13-29(14-16-30)24-8-5-4-7-22(24)27/h4-5,7-8,10-11,19,25,31H,2-3,6,9,12-18H2,1H3. The van der Waals surface area contributed by atoms with Gasteiger partial charge in [-0.3, -0.25) is 4.79 Å². The van der Waals surface area contributed by atoms with E-state index in [4.69, 9.17) is 4.74 Å². The Bertz CT molecular complexity index is 946. The fourth-order valence-electron chi connectivity index (χ4n) is 4.81. The number of para-hydroxylation sites is 1. The van der Waals surface area contributed by atoms with Crippen molar-refractivity contribution >= 4 is 17.3 Å². The van der Waals surface area contributed by atoms with E-state index in [2.05, 4.69) is 4.90 Å². The molecule has 33 heavy (non-hydrogen) atoms. The Morgan fingerprint density at radius 1 is 1.03 bits per heavy atom. The van der Waals surface area contributed by atoms with E-state index in [-0.39, 0.29) is 11.7 Å². The van der Waals surface area contributed by atoms with Crippen LogP contribution in [-0.2, 0) is 4.74 Å². The third-order valence-corrected chi connectivity index (χ3v) is 6.71. The van der Waals surface area contributed by atoms with Gasteiger partial charge in [0.15, 0.2) is 0 Å². The third kappa shape index (κ3) is 5.47. The number of carbonyl (C=O) groups excluding carboxylic acids is 1. The molecule has 0 aliphatic carbocycles. The second-order valence-electron chi connectivity index (χ2n) is 8.85. The molecular formula is C26H34FN3O3. The van der Waals surface area contributed by atoms with E-state index < -0.39 is 6.10 Å². The second kappa shape index (κ2) is 11.0. The zero-order valence-corrected chi connectivity index (χ0v) is 19.4. The summed E-state index contributed by atoms with van der Waals surface area (Å²) in [5.74, 6) is -0.275. The van der Waals surface area contributed by atoms with Gasteiger partial charge in [-0.25, -0.2) is 4.39 Å². The topological polar surface area (TPSA) is 56.3 Å². The lowest BCUT2D eigenvalue weighted by molar-refractivity contribution is 0.0746. The van der Waals surface area contributed by atoms with Crippen molar-refractivity contribution in [3.05, 3.63) is 59.4 Å². The van der Waals surface area contributed by atoms with Crippen molar-refractivity contribution < 1.29 is 19.0 Å². The summed E-state index contributed by atoms with van der Waals surface area (Å²) in [5, 5.41) is 10.9. The first-order valence-electron chi connectivity index (χ1n) is 11.9. The van der Waals surface area contributed by atoms with E-state index in [1.807, 2.05) is 34.1 Å². The zero-order valence-electron chi connectivity index (χ0n) is 19.4. The number of piperazine rings is 1. The highest BCUT2D eigenvalue weighted by atomic mass is 19.1. The van der Waals surface area contributed by atoms with Gasteiger partial charge in [-0.2, -0.15) is 0 Å². The van der Waals surface area contributed by atoms with Gasteiger partial charge in [-0.05, 0) is 43.2 Å². The maximum absolute atomic E-state index is 14.1. The van der Waals surface area contributed by atoms with Gasteiger partial charge in [-0.1, -0.05) is 25.0 Å². The Balaban J connectivity index is 1.50. The van der Waals surface area contributed by atoms with Crippen LogP contribution in [0.2, 0.25) is 0 Å². The van der Waals surface area contributed by atoms with Gasteiger partial charge in [0.05, 0.1) is 18.4 Å². The van der Waals surface area contributed by atoms with Crippen LogP contribution in [0, 0.1) is 5.82 Å². The number of aliphatic hydroxyl groups excluding tert-OH is 1. The molecule has 0 bridgehead atoms. The van der Waals surface area contributed by atoms with Crippen molar-refractivity contribution in [2.45, 2.75) is 31.8 Å². The lowest BCUT2D eigenvalue weighted by atomic mass is 9.98. The van der Waals surface area contributed by atoms with E-state index >= 15 is 0 Å². The average Bonchev–Trinajstić information content (AvgIpc) is 2.92. The SMILES string of the molecule is COCCN1CCCCCC(O)c2cc(C(=O)N3CCN(c4ccccc4F)CC3)ccc21. The van der Waals surface area contributed by atoms with Gasteiger partial charge in [0.25, 0.3) is 5.91 Å². The Labute approximate surface area is 195 Å². The molecule has 6 nitrogen and oxygen atoms in total. The molecule has 1 saturated heterocycles. The quantitative estimate of drug-likeness (QED) is 0.742. The van der Waals surface area contributed by atoms with Gasteiger partial charge >= 0.3 is 0 Å². The summed E-state index contributed by atoms with van der Waals surface area (Å²) >= 11 is 0. The van der Waals surface area contributed by atoms with E-state index in [9.17, 15) is 14.3 Å². The molecule has 1 unspecified atom stereocenters. The van der Waals surface area contributed by atoms with Crippen LogP contribution in [0.1, 0.15) is 47.7 Å². The Morgan fingerprint density at radius 2 is 1.82 bits per heavy atom. The molecule has 7 heteroatoms. The molecule has 2 aliphatic heterocycles. The second-order valence-corrected chi connectivity index (χ2v) is 8.85. The largest absolute Gasteiger partial charge is 0.388 e. The molecule has 1 fully saturated rings. The molecule has 2 aromatic carbocycles. The average molecular weight is 456 g/mol. The molecule has 2 heterocycles. The van der Waals surface area contributed by atoms with Crippen LogP contribution in [-0.4, -0.2) is 68.9 Å². The third-order valence-electron chi connectivity index (χ3n) is 6.71. The first-order valence-corrected chi connectivity index (χ1v) is 11.9. The molecule has 1 N–H and O–H groups in total. The van der Waals surface area contributed by atoms with Crippen LogP contribution >= 0.6 is 0 Å². The minimum absolute atomic E-state index is 0.0403. The number of hydrogen-bond donors (Lipinski definition) is 1. The number of methoxy groups -OCH3 is 1. The van der Waals surface area contributed by atoms with Crippen molar-refractivity contribution in [3.8, 4) is 0 Å². The first kappa shape index (κ1) is 23.5. The summed E-state index contributed by atoms with van der Waals surface area (Å²) in [6, 6.07) is 12.5. The maximum Gasteiger partial charge on any atom is 0.253 e. The van der Waals surface area contributed by atoms with Crippen LogP contribution in [0.4, 0.5) is 15.8 Å². The highest BCUT2D eigenvalue weighted by molar-refractivity contribution is 5.95. The van der Waals surface area contributed by atoms with Gasteiger partial charge in [0, 0.05) is 63.2 Å². The van der Waals surface area contributed by atoms with Crippen molar-refractivity contribution in [3.63, 3.8) is 0 Å². The summed E-state index contributed by atoms with van der Waals surface area (Å²) in [5.41, 5.74) is 2.99. The van der Waals surface area contributed by atoms with Crippen LogP contribution in [0.25, 0.3) is 0 Å². The van der Waals surface area contributed by atoms with Gasteiger partial charge in [-0.15, -0.1) is 0 Å². The highest BCUT2D eigenvalue weighted by Gasteiger charge is 2.26. The molecule has 1 atom stereocenters. The van der Waals surface area contributed by atoms with Crippen LogP contribution in [0.5, 0.6) is 0 Å². The number of aliphatic hydroxyl groups is 1. The monoisotopic (exact) mass is 455 g/mol. The highest BCUT2D eigenvalue weighted by Crippen LogP contribution is 2.33. The van der Waals surface area contributed by atoms with E-state index in [1.165, 1.54) is 6.07 Å². The van der Waals surface area contributed by atoms with Crippen molar-refractivity contribution in [1.29, 1.82) is 0 Å². The molecule has 2 aliphatic rings. The van der Waals surface area contributed by atoms with Crippen LogP contribution in [0.3, 0.4) is 0 Å². The molecule has 0 aromatic heterocycles. The predicted molar refractivity (Wildman–Crippen MR) is 128 cm³/mol. The number of rotatable bonds is 5. The number of carbonyl (C=O) groups is 1. The number of amides is 1. The molecule has 4 rings (SSSR count). The molecule has 0 spiro atoms. The lowest BCUT2D eigenvalue weighted by Gasteiger charge is -2.36. The van der Waals surface area contributed by atoms with Crippen LogP contribution in [0.15, 0.2) is 42.5 Å². The number of benzene rings is 2. The molecule has 178 valence electrons. The summed E-state index contributed by atoms with van der Waals surface area (Å²) in [4.78, 5) is 19.4. The molecule has 2 aromatic rings. The molecule has 1 amide bonds. The Morgan fingerprint density at radius 3 is 2.58 bits per heavy atom. The van der Waals surface area contributed by atoms with Crippen molar-refractivity contribution in [2.75, 3.05) is 62.8 Å². The minimum atomic E-state index is -0.589. The van der Waals surface area contributed by atoms with E-state index in [0.717, 1.165) is 43.6 Å². The number of anilines is 2. The minimum Gasteiger partial charge on any atom is -0.388 e. The molecule has 0 saturated carbocycles. The summed E-state index contributed by atoms with van der Waals surface area (Å²) in [6.45, 7) is 4.52. The van der Waals surface area contributed by atoms with Gasteiger partial charge in [0.1, 0.15) is 5.82 Å². The smallest absolute Gasteiger partial charge is 0.253 e. The predicted octanol–water partition coefficient (Wildman–Crippen LogP) is 3.85. The maximum atomic E-state index is 14.1. The summed E-state index contributed by atoms with van der Waals surface area (Å²) in [6.07, 6.45) is 3.22. The number of ether oxygens (including phenoxy) is 1. The first-order chi connectivity index (χ1) is 16.1. The number of hydrogen-bond acceptors (Lipinski definition) is 5. The Hall–Kier alpha value is -2.64. The van der Waals surface area contributed by atoms with E-state index in [0.29, 0.717) is 50.5 Å². The summed E-state index contributed by atoms with van der Waals surface area (Å²) in [7, 11) is 1.69. The van der Waals surface area contributed by atoms with Gasteiger partial charge in [0.2, 0.25) is 0 Å². The fourth-order valence-corrected chi connectivity index (χ4v) is 4.81. The Kier molecular flexibility index (Phi) is 7.83. The summed E-state index contributed by atoms with van der Waals surface area (Å²) < 4.78 is 19.4. The van der Waals surface area contributed by atoms with E-state index in [1.54, 1.807) is 19.2 Å². The normalized spacial score (nSPS) is 19.5. The van der Waals surface area contributed by atoms with Crippen molar-refractivity contribution in [2.24, 2.45) is 0 Å².